The molecule has 0 radical (unpaired) electrons. The molecule has 1 aromatic carbocycles. The second-order valence-corrected chi connectivity index (χ2v) is 5.52. The summed E-state index contributed by atoms with van der Waals surface area (Å²) in [5, 5.41) is 2.94. The lowest BCUT2D eigenvalue weighted by Crippen LogP contribution is -2.40. The first-order chi connectivity index (χ1) is 9.69. The van der Waals surface area contributed by atoms with Crippen molar-refractivity contribution in [2.24, 2.45) is 0 Å². The van der Waals surface area contributed by atoms with Crippen molar-refractivity contribution in [3.63, 3.8) is 0 Å². The van der Waals surface area contributed by atoms with E-state index in [1.165, 1.54) is 4.90 Å². The molecular weight excluding hydrogens is 279 g/mol. The van der Waals surface area contributed by atoms with Crippen molar-refractivity contribution in [1.82, 2.24) is 4.98 Å². The second kappa shape index (κ2) is 5.20. The number of thiazole rings is 1. The number of carbonyl (C=O) groups is 1. The van der Waals surface area contributed by atoms with Crippen molar-refractivity contribution in [3.8, 4) is 17.0 Å². The van der Waals surface area contributed by atoms with Crippen LogP contribution in [-0.4, -0.2) is 30.7 Å². The first-order valence-electron chi connectivity index (χ1n) is 6.24. The summed E-state index contributed by atoms with van der Waals surface area (Å²) in [6.07, 6.45) is 0. The maximum absolute atomic E-state index is 12.6. The van der Waals surface area contributed by atoms with Gasteiger partial charge < -0.3 is 9.64 Å². The van der Waals surface area contributed by atoms with E-state index in [0.29, 0.717) is 11.4 Å². The number of alkyl halides is 1. The molecule has 2 aromatic rings. The van der Waals surface area contributed by atoms with Gasteiger partial charge in [0.05, 0.1) is 22.9 Å². The van der Waals surface area contributed by atoms with Crippen LogP contribution in [0.25, 0.3) is 11.3 Å². The molecule has 2 heterocycles. The van der Waals surface area contributed by atoms with Gasteiger partial charge in [-0.2, -0.15) is 0 Å². The van der Waals surface area contributed by atoms with Crippen molar-refractivity contribution < 1.29 is 13.9 Å². The van der Waals surface area contributed by atoms with Gasteiger partial charge in [0, 0.05) is 10.9 Å². The van der Waals surface area contributed by atoms with E-state index in [1.807, 2.05) is 24.4 Å². The van der Waals surface area contributed by atoms with Gasteiger partial charge in [0.1, 0.15) is 12.4 Å². The number of ether oxygens (including phenoxy) is 1. The van der Waals surface area contributed by atoms with Crippen LogP contribution in [0.3, 0.4) is 0 Å². The Bertz CT molecular complexity index is 656. The van der Waals surface area contributed by atoms with Crippen LogP contribution in [0, 0.1) is 6.92 Å². The standard InChI is InChI=1S/C14H13FN2O2S/c1-9-16-11(8-20-9)10-2-3-13-12(6-10)17(5-4-15)14(18)7-19-13/h2-3,6,8H,4-5,7H2,1H3. The van der Waals surface area contributed by atoms with Gasteiger partial charge in [-0.1, -0.05) is 0 Å². The quantitative estimate of drug-likeness (QED) is 0.873. The molecule has 0 bridgehead atoms. The molecule has 0 unspecified atom stereocenters. The number of nitrogens with zero attached hydrogens (tertiary/aromatic N) is 2. The van der Waals surface area contributed by atoms with Gasteiger partial charge in [0.15, 0.2) is 6.61 Å². The number of benzene rings is 1. The molecule has 1 aromatic heterocycles. The third-order valence-corrected chi connectivity index (χ3v) is 3.90. The molecule has 0 atom stereocenters. The molecule has 0 saturated carbocycles. The predicted molar refractivity (Wildman–Crippen MR) is 76.1 cm³/mol. The number of anilines is 1. The summed E-state index contributed by atoms with van der Waals surface area (Å²) >= 11 is 1.57. The molecule has 3 rings (SSSR count). The summed E-state index contributed by atoms with van der Waals surface area (Å²) < 4.78 is 18.0. The van der Waals surface area contributed by atoms with Crippen LogP contribution in [0.15, 0.2) is 23.6 Å². The van der Waals surface area contributed by atoms with E-state index in [0.717, 1.165) is 16.3 Å². The van der Waals surface area contributed by atoms with E-state index in [9.17, 15) is 9.18 Å². The number of hydrogen-bond acceptors (Lipinski definition) is 4. The smallest absolute Gasteiger partial charge is 0.265 e. The van der Waals surface area contributed by atoms with Crippen LogP contribution in [-0.2, 0) is 4.79 Å². The number of hydrogen-bond donors (Lipinski definition) is 0. The Morgan fingerprint density at radius 1 is 1.50 bits per heavy atom. The van der Waals surface area contributed by atoms with E-state index in [-0.39, 0.29) is 19.1 Å². The lowest BCUT2D eigenvalue weighted by atomic mass is 10.1. The average molecular weight is 292 g/mol. The lowest BCUT2D eigenvalue weighted by molar-refractivity contribution is -0.121. The van der Waals surface area contributed by atoms with Crippen molar-refractivity contribution in [2.75, 3.05) is 24.7 Å². The van der Waals surface area contributed by atoms with Gasteiger partial charge in [0.25, 0.3) is 5.91 Å². The molecule has 1 amide bonds. The summed E-state index contributed by atoms with van der Waals surface area (Å²) in [4.78, 5) is 17.7. The maximum Gasteiger partial charge on any atom is 0.265 e. The highest BCUT2D eigenvalue weighted by molar-refractivity contribution is 7.09. The topological polar surface area (TPSA) is 42.4 Å². The minimum atomic E-state index is -0.578. The predicted octanol–water partition coefficient (Wildman–Crippen LogP) is 2.81. The molecule has 0 spiro atoms. The number of amides is 1. The lowest BCUT2D eigenvalue weighted by Gasteiger charge is -2.28. The second-order valence-electron chi connectivity index (χ2n) is 4.46. The molecule has 1 aliphatic heterocycles. The van der Waals surface area contributed by atoms with E-state index < -0.39 is 6.67 Å². The SMILES string of the molecule is Cc1nc(-c2ccc3c(c2)N(CCF)C(=O)CO3)cs1. The fourth-order valence-electron chi connectivity index (χ4n) is 2.19. The Balaban J connectivity index is 2.03. The summed E-state index contributed by atoms with van der Waals surface area (Å²) in [5.41, 5.74) is 2.37. The highest BCUT2D eigenvalue weighted by Crippen LogP contribution is 2.36. The van der Waals surface area contributed by atoms with Gasteiger partial charge in [-0.25, -0.2) is 9.37 Å². The molecule has 0 aliphatic carbocycles. The van der Waals surface area contributed by atoms with Gasteiger partial charge in [-0.05, 0) is 25.1 Å². The molecule has 4 nitrogen and oxygen atoms in total. The Labute approximate surface area is 119 Å². The summed E-state index contributed by atoms with van der Waals surface area (Å²) in [7, 11) is 0. The average Bonchev–Trinajstić information content (AvgIpc) is 2.88. The van der Waals surface area contributed by atoms with Crippen molar-refractivity contribution in [2.45, 2.75) is 6.92 Å². The van der Waals surface area contributed by atoms with Crippen molar-refractivity contribution >= 4 is 22.9 Å². The van der Waals surface area contributed by atoms with Crippen LogP contribution in [0.4, 0.5) is 10.1 Å². The summed E-state index contributed by atoms with van der Waals surface area (Å²) in [5.74, 6) is 0.385. The van der Waals surface area contributed by atoms with E-state index in [1.54, 1.807) is 17.4 Å². The molecule has 0 fully saturated rings. The number of halogens is 1. The highest BCUT2D eigenvalue weighted by atomic mass is 32.1. The number of rotatable bonds is 3. The molecule has 0 N–H and O–H groups in total. The molecule has 1 aliphatic rings. The molecule has 20 heavy (non-hydrogen) atoms. The third kappa shape index (κ3) is 2.27. The van der Waals surface area contributed by atoms with Crippen molar-refractivity contribution in [3.05, 3.63) is 28.6 Å². The number of carbonyl (C=O) groups excluding carboxylic acids is 1. The van der Waals surface area contributed by atoms with Crippen LogP contribution < -0.4 is 9.64 Å². The van der Waals surface area contributed by atoms with E-state index in [4.69, 9.17) is 4.74 Å². The summed E-state index contributed by atoms with van der Waals surface area (Å²) in [6, 6.07) is 5.53. The highest BCUT2D eigenvalue weighted by Gasteiger charge is 2.25. The fraction of sp³-hybridized carbons (Fsp3) is 0.286. The van der Waals surface area contributed by atoms with Gasteiger partial charge >= 0.3 is 0 Å². The molecular formula is C14H13FN2O2S. The Hall–Kier alpha value is -1.95. The molecule has 6 heteroatoms. The van der Waals surface area contributed by atoms with Gasteiger partial charge in [-0.3, -0.25) is 4.79 Å². The zero-order chi connectivity index (χ0) is 14.1. The monoisotopic (exact) mass is 292 g/mol. The Morgan fingerprint density at radius 2 is 2.35 bits per heavy atom. The molecule has 0 saturated heterocycles. The van der Waals surface area contributed by atoms with Gasteiger partial charge in [-0.15, -0.1) is 11.3 Å². The number of fused-ring (bicyclic) bond motifs is 1. The minimum absolute atomic E-state index is 0.0395. The largest absolute Gasteiger partial charge is 0.482 e. The normalized spacial score (nSPS) is 14.1. The van der Waals surface area contributed by atoms with Crippen molar-refractivity contribution in [1.29, 1.82) is 0 Å². The first kappa shape index (κ1) is 13.1. The number of aryl methyl sites for hydroxylation is 1. The Kier molecular flexibility index (Phi) is 3.40. The zero-order valence-electron chi connectivity index (χ0n) is 10.9. The third-order valence-electron chi connectivity index (χ3n) is 3.12. The van der Waals surface area contributed by atoms with Crippen LogP contribution in [0.2, 0.25) is 0 Å². The first-order valence-corrected chi connectivity index (χ1v) is 7.12. The van der Waals surface area contributed by atoms with E-state index >= 15 is 0 Å². The minimum Gasteiger partial charge on any atom is -0.482 e. The number of aromatic nitrogens is 1. The summed E-state index contributed by atoms with van der Waals surface area (Å²) in [6.45, 7) is 1.37. The zero-order valence-corrected chi connectivity index (χ0v) is 11.7. The molecule has 104 valence electrons. The van der Waals surface area contributed by atoms with Crippen LogP contribution >= 0.6 is 11.3 Å². The van der Waals surface area contributed by atoms with E-state index in [2.05, 4.69) is 4.98 Å². The van der Waals surface area contributed by atoms with Crippen LogP contribution in [0.5, 0.6) is 5.75 Å². The maximum atomic E-state index is 12.6. The van der Waals surface area contributed by atoms with Gasteiger partial charge in [0.2, 0.25) is 0 Å². The van der Waals surface area contributed by atoms with Crippen LogP contribution in [0.1, 0.15) is 5.01 Å². The fourth-order valence-corrected chi connectivity index (χ4v) is 2.81. The Morgan fingerprint density at radius 3 is 3.05 bits per heavy atom.